The highest BCUT2D eigenvalue weighted by atomic mass is 32.2. The molecule has 0 bridgehead atoms. The Bertz CT molecular complexity index is 924. The number of hydrogen-bond donors (Lipinski definition) is 1. The average molecular weight is 347 g/mol. The Morgan fingerprint density at radius 2 is 1.79 bits per heavy atom. The van der Waals surface area contributed by atoms with Crippen LogP contribution in [0.1, 0.15) is 11.5 Å². The van der Waals surface area contributed by atoms with E-state index in [1.54, 1.807) is 24.3 Å². The first-order chi connectivity index (χ1) is 11.3. The number of nitrogens with two attached hydrogens (primary N) is 1. The van der Waals surface area contributed by atoms with Gasteiger partial charge in [-0.25, -0.2) is 8.42 Å². The fraction of sp³-hybridized carbons (Fsp3) is 0.133. The number of rotatable bonds is 4. The standard InChI is InChI=1S/C15H13N3O5S/c16-15(19)13-9-17(14-4-2-1-3-12(13)14)24(22,23)11-7-5-10(6-8-11)18(20)21/h1-8,13H,9H2,(H2,16,19). The van der Waals surface area contributed by atoms with Crippen molar-refractivity contribution in [3.8, 4) is 0 Å². The minimum absolute atomic E-state index is 0.0893. The van der Waals surface area contributed by atoms with Crippen LogP contribution < -0.4 is 10.0 Å². The van der Waals surface area contributed by atoms with Crippen molar-refractivity contribution < 1.29 is 18.1 Å². The number of sulfonamides is 1. The van der Waals surface area contributed by atoms with E-state index in [4.69, 9.17) is 5.73 Å². The molecule has 0 saturated heterocycles. The van der Waals surface area contributed by atoms with Crippen LogP contribution in [0.2, 0.25) is 0 Å². The predicted octanol–water partition coefficient (Wildman–Crippen LogP) is 1.37. The summed E-state index contributed by atoms with van der Waals surface area (Å²) >= 11 is 0. The van der Waals surface area contributed by atoms with Gasteiger partial charge in [-0.3, -0.25) is 19.2 Å². The molecule has 2 N–H and O–H groups in total. The third-order valence-electron chi connectivity index (χ3n) is 3.91. The molecule has 1 aliphatic rings. The molecule has 24 heavy (non-hydrogen) atoms. The van der Waals surface area contributed by atoms with Gasteiger partial charge in [0.25, 0.3) is 15.7 Å². The second kappa shape index (κ2) is 5.60. The Kier molecular flexibility index (Phi) is 3.72. The third kappa shape index (κ3) is 2.48. The molecule has 0 spiro atoms. The van der Waals surface area contributed by atoms with Crippen LogP contribution in [0.15, 0.2) is 53.4 Å². The number of nitrogens with zero attached hydrogens (tertiary/aromatic N) is 2. The van der Waals surface area contributed by atoms with Gasteiger partial charge >= 0.3 is 0 Å². The number of fused-ring (bicyclic) bond motifs is 1. The second-order valence-electron chi connectivity index (χ2n) is 5.30. The van der Waals surface area contributed by atoms with E-state index in [1.165, 1.54) is 12.1 Å². The van der Waals surface area contributed by atoms with Gasteiger partial charge in [-0.05, 0) is 23.8 Å². The zero-order chi connectivity index (χ0) is 17.5. The maximum absolute atomic E-state index is 12.9. The van der Waals surface area contributed by atoms with E-state index in [1.807, 2.05) is 0 Å². The number of hydrogen-bond acceptors (Lipinski definition) is 5. The molecule has 0 fully saturated rings. The SMILES string of the molecule is NC(=O)C1CN(S(=O)(=O)c2ccc([N+](=O)[O-])cc2)c2ccccc21. The van der Waals surface area contributed by atoms with Crippen molar-refractivity contribution in [2.24, 2.45) is 5.73 Å². The highest BCUT2D eigenvalue weighted by molar-refractivity contribution is 7.92. The van der Waals surface area contributed by atoms with Crippen LogP contribution in [0.4, 0.5) is 11.4 Å². The molecule has 9 heteroatoms. The van der Waals surface area contributed by atoms with E-state index >= 15 is 0 Å². The third-order valence-corrected chi connectivity index (χ3v) is 5.70. The Hall–Kier alpha value is -2.94. The largest absolute Gasteiger partial charge is 0.369 e. The van der Waals surface area contributed by atoms with Crippen LogP contribution in [-0.2, 0) is 14.8 Å². The Morgan fingerprint density at radius 1 is 1.17 bits per heavy atom. The lowest BCUT2D eigenvalue weighted by atomic mass is 10.0. The molecular formula is C15H13N3O5S. The summed E-state index contributed by atoms with van der Waals surface area (Å²) in [4.78, 5) is 21.6. The summed E-state index contributed by atoms with van der Waals surface area (Å²) in [5, 5.41) is 10.7. The number of nitro benzene ring substituents is 1. The van der Waals surface area contributed by atoms with Crippen LogP contribution in [0.5, 0.6) is 0 Å². The fourth-order valence-electron chi connectivity index (χ4n) is 2.71. The van der Waals surface area contributed by atoms with Crippen LogP contribution in [0.3, 0.4) is 0 Å². The monoisotopic (exact) mass is 347 g/mol. The summed E-state index contributed by atoms with van der Waals surface area (Å²) in [7, 11) is -3.96. The number of nitro groups is 1. The van der Waals surface area contributed by atoms with E-state index in [0.717, 1.165) is 16.4 Å². The first-order valence-corrected chi connectivity index (χ1v) is 8.42. The lowest BCUT2D eigenvalue weighted by Crippen LogP contribution is -2.33. The van der Waals surface area contributed by atoms with E-state index in [2.05, 4.69) is 0 Å². The molecule has 1 unspecified atom stereocenters. The number of primary amides is 1. The minimum atomic E-state index is -3.96. The van der Waals surface area contributed by atoms with Gasteiger partial charge in [0.1, 0.15) is 0 Å². The first kappa shape index (κ1) is 15.9. The van der Waals surface area contributed by atoms with E-state index in [0.29, 0.717) is 11.3 Å². The quantitative estimate of drug-likeness (QED) is 0.661. The smallest absolute Gasteiger partial charge is 0.269 e. The van der Waals surface area contributed by atoms with Crippen molar-refractivity contribution in [3.63, 3.8) is 0 Å². The summed E-state index contributed by atoms with van der Waals surface area (Å²) in [6.45, 7) is -0.0893. The molecule has 2 aromatic rings. The number of carbonyl (C=O) groups is 1. The summed E-state index contributed by atoms with van der Waals surface area (Å²) in [6.07, 6.45) is 0. The van der Waals surface area contributed by atoms with Gasteiger partial charge < -0.3 is 5.73 Å². The number of non-ortho nitro benzene ring substituents is 1. The summed E-state index contributed by atoms with van der Waals surface area (Å²) in [6, 6.07) is 11.2. The van der Waals surface area contributed by atoms with Crippen LogP contribution in [0, 0.1) is 10.1 Å². The molecular weight excluding hydrogens is 334 g/mol. The van der Waals surface area contributed by atoms with Gasteiger partial charge in [0, 0.05) is 12.1 Å². The van der Waals surface area contributed by atoms with E-state index in [-0.39, 0.29) is 17.1 Å². The molecule has 0 radical (unpaired) electrons. The van der Waals surface area contributed by atoms with Crippen molar-refractivity contribution >= 4 is 27.3 Å². The molecule has 1 heterocycles. The Morgan fingerprint density at radius 3 is 2.38 bits per heavy atom. The van der Waals surface area contributed by atoms with Crippen LogP contribution in [-0.4, -0.2) is 25.8 Å². The van der Waals surface area contributed by atoms with Crippen molar-refractivity contribution in [1.29, 1.82) is 0 Å². The van der Waals surface area contributed by atoms with Crippen molar-refractivity contribution in [2.75, 3.05) is 10.8 Å². The van der Waals surface area contributed by atoms with Gasteiger partial charge in [0.05, 0.1) is 28.0 Å². The molecule has 8 nitrogen and oxygen atoms in total. The normalized spacial score (nSPS) is 16.7. The molecule has 124 valence electrons. The van der Waals surface area contributed by atoms with Gasteiger partial charge in [-0.15, -0.1) is 0 Å². The van der Waals surface area contributed by atoms with Crippen LogP contribution in [0.25, 0.3) is 0 Å². The lowest BCUT2D eigenvalue weighted by Gasteiger charge is -2.19. The molecule has 0 aliphatic carbocycles. The van der Waals surface area contributed by atoms with Gasteiger partial charge in [0.15, 0.2) is 0 Å². The molecule has 3 rings (SSSR count). The summed E-state index contributed by atoms with van der Waals surface area (Å²) < 4.78 is 26.8. The van der Waals surface area contributed by atoms with Crippen molar-refractivity contribution in [1.82, 2.24) is 0 Å². The molecule has 1 aliphatic heterocycles. The van der Waals surface area contributed by atoms with Gasteiger partial charge in [-0.2, -0.15) is 0 Å². The number of anilines is 1. The summed E-state index contributed by atoms with van der Waals surface area (Å²) in [5.41, 5.74) is 6.11. The van der Waals surface area contributed by atoms with Gasteiger partial charge in [-0.1, -0.05) is 18.2 Å². The fourth-order valence-corrected chi connectivity index (χ4v) is 4.21. The Labute approximate surface area is 137 Å². The zero-order valence-electron chi connectivity index (χ0n) is 12.3. The van der Waals surface area contributed by atoms with E-state index in [9.17, 15) is 23.3 Å². The summed E-state index contributed by atoms with van der Waals surface area (Å²) in [5.74, 6) is -1.34. The highest BCUT2D eigenvalue weighted by Gasteiger charge is 2.38. The zero-order valence-corrected chi connectivity index (χ0v) is 13.1. The first-order valence-electron chi connectivity index (χ1n) is 6.98. The predicted molar refractivity (Wildman–Crippen MR) is 86.0 cm³/mol. The molecule has 1 atom stereocenters. The number of amides is 1. The highest BCUT2D eigenvalue weighted by Crippen LogP contribution is 2.39. The van der Waals surface area contributed by atoms with E-state index < -0.39 is 26.8 Å². The minimum Gasteiger partial charge on any atom is -0.369 e. The average Bonchev–Trinajstić information content (AvgIpc) is 2.95. The molecule has 1 amide bonds. The number of benzene rings is 2. The number of carbonyl (C=O) groups excluding carboxylic acids is 1. The lowest BCUT2D eigenvalue weighted by molar-refractivity contribution is -0.384. The molecule has 0 saturated carbocycles. The van der Waals surface area contributed by atoms with Crippen LogP contribution >= 0.6 is 0 Å². The topological polar surface area (TPSA) is 124 Å². The second-order valence-corrected chi connectivity index (χ2v) is 7.16. The molecule has 2 aromatic carbocycles. The van der Waals surface area contributed by atoms with Gasteiger partial charge in [0.2, 0.25) is 5.91 Å². The van der Waals surface area contributed by atoms with Crippen molar-refractivity contribution in [2.45, 2.75) is 10.8 Å². The molecule has 0 aromatic heterocycles. The maximum Gasteiger partial charge on any atom is 0.269 e. The number of para-hydroxylation sites is 1. The Balaban J connectivity index is 2.04. The maximum atomic E-state index is 12.9. The van der Waals surface area contributed by atoms with Crippen molar-refractivity contribution in [3.05, 3.63) is 64.2 Å².